The number of hydrogen-bond donors (Lipinski definition) is 1. The van der Waals surface area contributed by atoms with Crippen molar-refractivity contribution in [2.75, 3.05) is 39.8 Å². The third-order valence-electron chi connectivity index (χ3n) is 5.69. The van der Waals surface area contributed by atoms with E-state index < -0.39 is 0 Å². The highest BCUT2D eigenvalue weighted by molar-refractivity contribution is 5.80. The molecule has 0 radical (unpaired) electrons. The van der Waals surface area contributed by atoms with Gasteiger partial charge in [-0.25, -0.2) is 9.97 Å². The molecular weight excluding hydrogens is 398 g/mol. The molecule has 4 rings (SSSR count). The molecule has 0 unspecified atom stereocenters. The van der Waals surface area contributed by atoms with Gasteiger partial charge >= 0.3 is 0 Å². The number of guanidine groups is 1. The van der Waals surface area contributed by atoms with Crippen molar-refractivity contribution in [3.05, 3.63) is 84.1 Å². The molecule has 0 saturated carbocycles. The fraction of sp³-hybridized carbons (Fsp3) is 0.320. The van der Waals surface area contributed by atoms with Crippen molar-refractivity contribution in [2.24, 2.45) is 4.99 Å². The van der Waals surface area contributed by atoms with Crippen molar-refractivity contribution in [1.29, 1.82) is 0 Å². The van der Waals surface area contributed by atoms with Crippen LogP contribution in [0.5, 0.6) is 0 Å². The lowest BCUT2D eigenvalue weighted by Crippen LogP contribution is -2.52. The number of aromatic nitrogens is 3. The zero-order valence-electron chi connectivity index (χ0n) is 18.9. The molecule has 0 spiro atoms. The van der Waals surface area contributed by atoms with Crippen LogP contribution in [-0.4, -0.2) is 70.1 Å². The van der Waals surface area contributed by atoms with Crippen molar-refractivity contribution in [3.63, 3.8) is 0 Å². The molecule has 166 valence electrons. The van der Waals surface area contributed by atoms with Gasteiger partial charge < -0.3 is 10.2 Å². The van der Waals surface area contributed by atoms with Gasteiger partial charge in [0.2, 0.25) is 0 Å². The first kappa shape index (κ1) is 21.8. The molecular formula is C25H31N7. The maximum atomic E-state index is 4.57. The van der Waals surface area contributed by atoms with Crippen LogP contribution in [0, 0.1) is 6.92 Å². The van der Waals surface area contributed by atoms with Crippen LogP contribution in [0.3, 0.4) is 0 Å². The van der Waals surface area contributed by atoms with Crippen LogP contribution < -0.4 is 5.32 Å². The number of piperazine rings is 1. The molecule has 0 amide bonds. The highest BCUT2D eigenvalue weighted by atomic mass is 15.3. The van der Waals surface area contributed by atoms with Gasteiger partial charge in [-0.15, -0.1) is 0 Å². The Bertz CT molecular complexity index is 1030. The first-order valence-corrected chi connectivity index (χ1v) is 11.1. The second-order valence-electron chi connectivity index (χ2n) is 7.87. The number of aryl methyl sites for hydroxylation is 1. The van der Waals surface area contributed by atoms with Gasteiger partial charge in [0, 0.05) is 64.9 Å². The zero-order valence-corrected chi connectivity index (χ0v) is 18.9. The maximum Gasteiger partial charge on any atom is 0.194 e. The fourth-order valence-corrected chi connectivity index (χ4v) is 3.84. The highest BCUT2D eigenvalue weighted by Crippen LogP contribution is 2.09. The molecule has 1 aliphatic rings. The Morgan fingerprint density at radius 2 is 1.88 bits per heavy atom. The van der Waals surface area contributed by atoms with E-state index in [2.05, 4.69) is 72.6 Å². The van der Waals surface area contributed by atoms with Gasteiger partial charge in [0.05, 0.1) is 0 Å². The second-order valence-corrected chi connectivity index (χ2v) is 7.87. The van der Waals surface area contributed by atoms with E-state index in [9.17, 15) is 0 Å². The summed E-state index contributed by atoms with van der Waals surface area (Å²) >= 11 is 0. The van der Waals surface area contributed by atoms with E-state index in [0.29, 0.717) is 6.54 Å². The zero-order chi connectivity index (χ0) is 22.2. The van der Waals surface area contributed by atoms with Gasteiger partial charge in [0.1, 0.15) is 11.6 Å². The lowest BCUT2D eigenvalue weighted by molar-refractivity contribution is 0.194. The van der Waals surface area contributed by atoms with Crippen LogP contribution in [0.25, 0.3) is 11.9 Å². The summed E-state index contributed by atoms with van der Waals surface area (Å²) in [6.45, 7) is 7.64. The molecule has 2 aromatic heterocycles. The summed E-state index contributed by atoms with van der Waals surface area (Å²) in [6, 6.07) is 14.6. The van der Waals surface area contributed by atoms with Crippen molar-refractivity contribution in [3.8, 4) is 5.82 Å². The summed E-state index contributed by atoms with van der Waals surface area (Å²) in [5, 5.41) is 3.48. The molecule has 1 fully saturated rings. The first-order chi connectivity index (χ1) is 15.7. The summed E-state index contributed by atoms with van der Waals surface area (Å²) in [5.74, 6) is 2.75. The Kier molecular flexibility index (Phi) is 7.30. The average molecular weight is 430 g/mol. The monoisotopic (exact) mass is 429 g/mol. The van der Waals surface area contributed by atoms with Gasteiger partial charge in [-0.3, -0.25) is 14.5 Å². The molecule has 1 saturated heterocycles. The summed E-state index contributed by atoms with van der Waals surface area (Å²) in [6.07, 6.45) is 10.1. The van der Waals surface area contributed by atoms with E-state index in [0.717, 1.165) is 55.9 Å². The average Bonchev–Trinajstić information content (AvgIpc) is 3.27. The van der Waals surface area contributed by atoms with Crippen molar-refractivity contribution in [2.45, 2.75) is 13.5 Å². The van der Waals surface area contributed by atoms with Gasteiger partial charge in [0.15, 0.2) is 5.96 Å². The predicted molar refractivity (Wildman–Crippen MR) is 130 cm³/mol. The lowest BCUT2D eigenvalue weighted by Gasteiger charge is -2.36. The minimum atomic E-state index is 0.697. The van der Waals surface area contributed by atoms with E-state index in [-0.39, 0.29) is 0 Å². The topological polar surface area (TPSA) is 61.6 Å². The van der Waals surface area contributed by atoms with E-state index in [1.54, 1.807) is 6.20 Å². The number of rotatable bonds is 6. The molecule has 1 N–H and O–H groups in total. The number of pyridine rings is 1. The van der Waals surface area contributed by atoms with E-state index in [1.807, 2.05) is 43.1 Å². The summed E-state index contributed by atoms with van der Waals surface area (Å²) in [5.41, 5.74) is 2.37. The number of benzene rings is 1. The lowest BCUT2D eigenvalue weighted by atomic mass is 10.2. The van der Waals surface area contributed by atoms with Crippen molar-refractivity contribution >= 4 is 12.0 Å². The number of nitrogens with zero attached hydrogens (tertiary/aromatic N) is 6. The smallest absolute Gasteiger partial charge is 0.194 e. The minimum absolute atomic E-state index is 0.697. The quantitative estimate of drug-likeness (QED) is 0.482. The van der Waals surface area contributed by atoms with Crippen molar-refractivity contribution in [1.82, 2.24) is 29.7 Å². The number of nitrogens with one attached hydrogen (secondary N) is 1. The maximum absolute atomic E-state index is 4.57. The fourth-order valence-electron chi connectivity index (χ4n) is 3.84. The summed E-state index contributed by atoms with van der Waals surface area (Å²) in [7, 11) is 1.85. The van der Waals surface area contributed by atoms with Crippen LogP contribution >= 0.6 is 0 Å². The number of hydrogen-bond acceptors (Lipinski definition) is 4. The standard InChI is InChI=1S/C25H31N7/c1-21-27-12-14-32(21)24-11-10-23(19-28-24)20-29-25(26-2)31-17-15-30(16-18-31)13-6-9-22-7-4-3-5-8-22/h3-12,14,19H,13,15-18,20H2,1-2H3,(H,26,29)/b9-6+. The van der Waals surface area contributed by atoms with E-state index >= 15 is 0 Å². The van der Waals surface area contributed by atoms with Crippen LogP contribution in [0.2, 0.25) is 0 Å². The van der Waals surface area contributed by atoms with Crippen LogP contribution in [0.15, 0.2) is 72.1 Å². The Balaban J connectivity index is 1.23. The van der Waals surface area contributed by atoms with Gasteiger partial charge in [0.25, 0.3) is 0 Å². The predicted octanol–water partition coefficient (Wildman–Crippen LogP) is 2.98. The second kappa shape index (κ2) is 10.7. The Labute approximate surface area is 190 Å². The first-order valence-electron chi connectivity index (χ1n) is 11.1. The molecule has 0 atom stereocenters. The molecule has 0 bridgehead atoms. The Morgan fingerprint density at radius 1 is 1.06 bits per heavy atom. The molecule has 1 aromatic carbocycles. The molecule has 3 aromatic rings. The van der Waals surface area contributed by atoms with Gasteiger partial charge in [-0.2, -0.15) is 0 Å². The Hall–Kier alpha value is -3.45. The number of aliphatic imine (C=N–C) groups is 1. The normalized spacial score (nSPS) is 15.4. The summed E-state index contributed by atoms with van der Waals surface area (Å²) in [4.78, 5) is 18.1. The summed E-state index contributed by atoms with van der Waals surface area (Å²) < 4.78 is 1.98. The van der Waals surface area contributed by atoms with E-state index in [1.165, 1.54) is 5.56 Å². The molecule has 3 heterocycles. The molecule has 1 aliphatic heterocycles. The molecule has 7 heteroatoms. The molecule has 32 heavy (non-hydrogen) atoms. The molecule has 7 nitrogen and oxygen atoms in total. The van der Waals surface area contributed by atoms with Gasteiger partial charge in [-0.1, -0.05) is 48.6 Å². The largest absolute Gasteiger partial charge is 0.352 e. The third kappa shape index (κ3) is 5.62. The molecule has 0 aliphatic carbocycles. The van der Waals surface area contributed by atoms with Crippen LogP contribution in [0.4, 0.5) is 0 Å². The van der Waals surface area contributed by atoms with Gasteiger partial charge in [-0.05, 0) is 24.1 Å². The Morgan fingerprint density at radius 3 is 2.53 bits per heavy atom. The highest BCUT2D eigenvalue weighted by Gasteiger charge is 2.18. The van der Waals surface area contributed by atoms with Crippen LogP contribution in [-0.2, 0) is 6.54 Å². The SMILES string of the molecule is CN=C(NCc1ccc(-n2ccnc2C)nc1)N1CCN(C/C=C/c2ccccc2)CC1. The van der Waals surface area contributed by atoms with Crippen molar-refractivity contribution < 1.29 is 0 Å². The number of imidazole rings is 1. The van der Waals surface area contributed by atoms with Crippen LogP contribution in [0.1, 0.15) is 17.0 Å². The minimum Gasteiger partial charge on any atom is -0.352 e. The third-order valence-corrected chi connectivity index (χ3v) is 5.69. The van der Waals surface area contributed by atoms with E-state index in [4.69, 9.17) is 0 Å².